The maximum atomic E-state index is 11.0. The number of carboxylic acid groups (broad SMARTS) is 1. The van der Waals surface area contributed by atoms with E-state index in [1.54, 1.807) is 12.1 Å². The van der Waals surface area contributed by atoms with E-state index in [0.717, 1.165) is 12.0 Å². The molecule has 1 aromatic rings. The quantitative estimate of drug-likeness (QED) is 0.771. The Balaban J connectivity index is 2.90. The van der Waals surface area contributed by atoms with Gasteiger partial charge in [-0.25, -0.2) is 4.79 Å². The van der Waals surface area contributed by atoms with E-state index < -0.39 is 5.97 Å². The molecule has 0 unspecified atom stereocenters. The zero-order chi connectivity index (χ0) is 12.8. The first-order valence-electron chi connectivity index (χ1n) is 5.29. The van der Waals surface area contributed by atoms with Crippen LogP contribution in [-0.4, -0.2) is 24.8 Å². The molecule has 17 heavy (non-hydrogen) atoms. The van der Waals surface area contributed by atoms with Gasteiger partial charge in [0.25, 0.3) is 0 Å². The van der Waals surface area contributed by atoms with E-state index in [0.29, 0.717) is 18.1 Å². The highest BCUT2D eigenvalue weighted by atomic mass is 16.5. The van der Waals surface area contributed by atoms with E-state index in [1.165, 1.54) is 13.2 Å². The maximum absolute atomic E-state index is 11.0. The van der Waals surface area contributed by atoms with Gasteiger partial charge in [-0.3, -0.25) is 0 Å². The lowest BCUT2D eigenvalue weighted by Gasteiger charge is -2.11. The van der Waals surface area contributed by atoms with Gasteiger partial charge in [0.2, 0.25) is 0 Å². The van der Waals surface area contributed by atoms with Crippen molar-refractivity contribution in [2.75, 3.05) is 13.7 Å². The zero-order valence-electron chi connectivity index (χ0n) is 10.0. The lowest BCUT2D eigenvalue weighted by Crippen LogP contribution is -2.06. The van der Waals surface area contributed by atoms with Crippen molar-refractivity contribution in [1.82, 2.24) is 0 Å². The van der Waals surface area contributed by atoms with E-state index in [2.05, 4.69) is 6.58 Å². The molecule has 1 N–H and O–H groups in total. The van der Waals surface area contributed by atoms with Crippen LogP contribution in [0.3, 0.4) is 0 Å². The van der Waals surface area contributed by atoms with Gasteiger partial charge in [-0.2, -0.15) is 0 Å². The van der Waals surface area contributed by atoms with Crippen LogP contribution in [0.2, 0.25) is 0 Å². The fourth-order valence-corrected chi connectivity index (χ4v) is 1.21. The van der Waals surface area contributed by atoms with Crippen molar-refractivity contribution in [2.45, 2.75) is 13.3 Å². The van der Waals surface area contributed by atoms with Crippen LogP contribution in [-0.2, 0) is 0 Å². The Bertz CT molecular complexity index is 423. The molecule has 1 aromatic carbocycles. The predicted molar refractivity (Wildman–Crippen MR) is 64.9 cm³/mol. The maximum Gasteiger partial charge on any atom is 0.339 e. The van der Waals surface area contributed by atoms with Crippen molar-refractivity contribution in [3.63, 3.8) is 0 Å². The Morgan fingerprint density at radius 1 is 1.47 bits per heavy atom. The fraction of sp³-hybridized carbons (Fsp3) is 0.308. The van der Waals surface area contributed by atoms with Gasteiger partial charge < -0.3 is 14.6 Å². The van der Waals surface area contributed by atoms with Crippen LogP contribution in [0, 0.1) is 0 Å². The number of hydrogen-bond acceptors (Lipinski definition) is 3. The minimum absolute atomic E-state index is 0.0910. The standard InChI is InChI=1S/C13H16O4/c1-4-9(2)8-17-12-6-5-10(16-3)7-11(12)13(14)15/h5-7H,2,4,8H2,1,3H3,(H,14,15). The van der Waals surface area contributed by atoms with Gasteiger partial charge in [0.15, 0.2) is 0 Å². The van der Waals surface area contributed by atoms with E-state index in [-0.39, 0.29) is 5.56 Å². The van der Waals surface area contributed by atoms with Gasteiger partial charge >= 0.3 is 5.97 Å². The highest BCUT2D eigenvalue weighted by molar-refractivity contribution is 5.91. The van der Waals surface area contributed by atoms with Crippen LogP contribution in [0.1, 0.15) is 23.7 Å². The second kappa shape index (κ2) is 5.94. The largest absolute Gasteiger partial charge is 0.497 e. The van der Waals surface area contributed by atoms with Gasteiger partial charge in [-0.15, -0.1) is 0 Å². The van der Waals surface area contributed by atoms with Crippen molar-refractivity contribution < 1.29 is 19.4 Å². The third-order valence-corrected chi connectivity index (χ3v) is 2.35. The first-order chi connectivity index (χ1) is 8.08. The number of hydrogen-bond donors (Lipinski definition) is 1. The summed E-state index contributed by atoms with van der Waals surface area (Å²) in [4.78, 5) is 11.0. The average molecular weight is 236 g/mol. The SMILES string of the molecule is C=C(CC)COc1ccc(OC)cc1C(=O)O. The molecule has 0 aliphatic heterocycles. The molecule has 0 amide bonds. The summed E-state index contributed by atoms with van der Waals surface area (Å²) >= 11 is 0. The van der Waals surface area contributed by atoms with Crippen LogP contribution < -0.4 is 9.47 Å². The average Bonchev–Trinajstić information content (AvgIpc) is 2.35. The minimum atomic E-state index is -1.04. The van der Waals surface area contributed by atoms with E-state index in [1.807, 2.05) is 6.92 Å². The van der Waals surface area contributed by atoms with Crippen LogP contribution in [0.5, 0.6) is 11.5 Å². The normalized spacial score (nSPS) is 9.76. The molecular weight excluding hydrogens is 220 g/mol. The molecule has 4 nitrogen and oxygen atoms in total. The molecule has 0 saturated heterocycles. The molecule has 0 aliphatic rings. The Labute approximate surface area is 100 Å². The number of benzene rings is 1. The molecule has 0 saturated carbocycles. The van der Waals surface area contributed by atoms with E-state index >= 15 is 0 Å². The van der Waals surface area contributed by atoms with Crippen LogP contribution in [0.25, 0.3) is 0 Å². The Morgan fingerprint density at radius 2 is 2.18 bits per heavy atom. The number of aromatic carboxylic acids is 1. The molecule has 0 heterocycles. The van der Waals surface area contributed by atoms with Crippen molar-refractivity contribution in [2.24, 2.45) is 0 Å². The number of ether oxygens (including phenoxy) is 2. The third-order valence-electron chi connectivity index (χ3n) is 2.35. The van der Waals surface area contributed by atoms with Crippen LogP contribution in [0.4, 0.5) is 0 Å². The first-order valence-corrected chi connectivity index (χ1v) is 5.29. The molecule has 0 atom stereocenters. The topological polar surface area (TPSA) is 55.8 Å². The van der Waals surface area contributed by atoms with Crippen molar-refractivity contribution in [1.29, 1.82) is 0 Å². The number of carbonyl (C=O) groups is 1. The summed E-state index contributed by atoms with van der Waals surface area (Å²) in [5, 5.41) is 9.05. The van der Waals surface area contributed by atoms with Gasteiger partial charge in [0, 0.05) is 0 Å². The van der Waals surface area contributed by atoms with Crippen LogP contribution >= 0.6 is 0 Å². The molecule has 1 rings (SSSR count). The fourth-order valence-electron chi connectivity index (χ4n) is 1.21. The molecule has 4 heteroatoms. The highest BCUT2D eigenvalue weighted by Gasteiger charge is 2.12. The van der Waals surface area contributed by atoms with Crippen LogP contribution in [0.15, 0.2) is 30.4 Å². The Kier molecular flexibility index (Phi) is 4.57. The second-order valence-electron chi connectivity index (χ2n) is 3.56. The third kappa shape index (κ3) is 3.52. The molecule has 0 radical (unpaired) electrons. The molecule has 0 fully saturated rings. The summed E-state index contributed by atoms with van der Waals surface area (Å²) in [5.74, 6) is -0.224. The summed E-state index contributed by atoms with van der Waals surface area (Å²) in [6, 6.07) is 4.69. The second-order valence-corrected chi connectivity index (χ2v) is 3.56. The minimum Gasteiger partial charge on any atom is -0.497 e. The van der Waals surface area contributed by atoms with Gasteiger partial charge in [0.05, 0.1) is 7.11 Å². The zero-order valence-corrected chi connectivity index (χ0v) is 10.0. The monoisotopic (exact) mass is 236 g/mol. The molecule has 92 valence electrons. The van der Waals surface area contributed by atoms with Gasteiger partial charge in [0.1, 0.15) is 23.7 Å². The Hall–Kier alpha value is -1.97. The summed E-state index contributed by atoms with van der Waals surface area (Å²) in [5.41, 5.74) is 1.01. The summed E-state index contributed by atoms with van der Waals surface area (Å²) in [6.45, 7) is 6.09. The lowest BCUT2D eigenvalue weighted by atomic mass is 10.2. The number of carboxylic acids is 1. The smallest absolute Gasteiger partial charge is 0.339 e. The lowest BCUT2D eigenvalue weighted by molar-refractivity contribution is 0.0692. The molecule has 0 aromatic heterocycles. The summed E-state index contributed by atoms with van der Waals surface area (Å²) in [7, 11) is 1.49. The van der Waals surface area contributed by atoms with Gasteiger partial charge in [-0.05, 0) is 30.2 Å². The Morgan fingerprint density at radius 3 is 2.71 bits per heavy atom. The molecule has 0 spiro atoms. The molecule has 0 bridgehead atoms. The van der Waals surface area contributed by atoms with Crippen molar-refractivity contribution >= 4 is 5.97 Å². The summed E-state index contributed by atoms with van der Waals surface area (Å²) in [6.07, 6.45) is 0.804. The van der Waals surface area contributed by atoms with E-state index in [4.69, 9.17) is 14.6 Å². The highest BCUT2D eigenvalue weighted by Crippen LogP contribution is 2.24. The molecule has 0 aliphatic carbocycles. The number of methoxy groups -OCH3 is 1. The van der Waals surface area contributed by atoms with E-state index in [9.17, 15) is 4.79 Å². The van der Waals surface area contributed by atoms with Crippen molar-refractivity contribution in [3.8, 4) is 11.5 Å². The van der Waals surface area contributed by atoms with Crippen molar-refractivity contribution in [3.05, 3.63) is 35.9 Å². The summed E-state index contributed by atoms with van der Waals surface area (Å²) < 4.78 is 10.4. The molecular formula is C13H16O4. The van der Waals surface area contributed by atoms with Gasteiger partial charge in [-0.1, -0.05) is 13.5 Å². The first kappa shape index (κ1) is 13.1. The predicted octanol–water partition coefficient (Wildman–Crippen LogP) is 2.74. The number of rotatable bonds is 6.